The van der Waals surface area contributed by atoms with Gasteiger partial charge < -0.3 is 4.57 Å². The molecule has 0 bridgehead atoms. The van der Waals surface area contributed by atoms with Gasteiger partial charge in [0.15, 0.2) is 17.5 Å². The largest absolute Gasteiger partial charge is 0.309 e. The van der Waals surface area contributed by atoms with Crippen LogP contribution in [0, 0.1) is 0 Å². The Labute approximate surface area is 365 Å². The summed E-state index contributed by atoms with van der Waals surface area (Å²) in [6.45, 7) is 0. The van der Waals surface area contributed by atoms with E-state index in [1.807, 2.05) is 24.3 Å². The highest BCUT2D eigenvalue weighted by molar-refractivity contribution is 6.16. The van der Waals surface area contributed by atoms with Gasteiger partial charge in [0.1, 0.15) is 0 Å². The molecule has 2 heterocycles. The van der Waals surface area contributed by atoms with E-state index in [0.717, 1.165) is 66.8 Å². The van der Waals surface area contributed by atoms with Crippen molar-refractivity contribution < 1.29 is 0 Å². The Hall–Kier alpha value is -8.47. The van der Waals surface area contributed by atoms with Crippen LogP contribution in [0.25, 0.3) is 117 Å². The molecule has 4 nitrogen and oxygen atoms in total. The number of benzene rings is 10. The van der Waals surface area contributed by atoms with Gasteiger partial charge in [0, 0.05) is 33.2 Å². The van der Waals surface area contributed by atoms with Crippen molar-refractivity contribution in [2.45, 2.75) is 0 Å². The van der Waals surface area contributed by atoms with Crippen molar-refractivity contribution in [3.63, 3.8) is 0 Å². The Bertz CT molecular complexity index is 3560. The van der Waals surface area contributed by atoms with Crippen LogP contribution in [0.2, 0.25) is 0 Å². The highest BCUT2D eigenvalue weighted by atomic mass is 15.0. The minimum atomic E-state index is 0.608. The van der Waals surface area contributed by atoms with Gasteiger partial charge in [-0.25, -0.2) is 15.0 Å². The lowest BCUT2D eigenvalue weighted by molar-refractivity contribution is 1.07. The van der Waals surface area contributed by atoms with Gasteiger partial charge in [-0.2, -0.15) is 0 Å². The number of aromatic nitrogens is 4. The lowest BCUT2D eigenvalue weighted by Crippen LogP contribution is -2.02. The number of hydrogen-bond acceptors (Lipinski definition) is 3. The van der Waals surface area contributed by atoms with Crippen LogP contribution in [0.3, 0.4) is 0 Å². The number of fused-ring (bicyclic) bond motifs is 5. The molecule has 10 aromatic carbocycles. The van der Waals surface area contributed by atoms with E-state index in [4.69, 9.17) is 15.0 Å². The number of nitrogens with zero attached hydrogens (tertiary/aromatic N) is 4. The molecular formula is C59H38N4. The van der Waals surface area contributed by atoms with Crippen LogP contribution in [-0.2, 0) is 0 Å². The second kappa shape index (κ2) is 15.2. The van der Waals surface area contributed by atoms with Crippen molar-refractivity contribution in [2.75, 3.05) is 0 Å². The average molecular weight is 803 g/mol. The van der Waals surface area contributed by atoms with Crippen LogP contribution < -0.4 is 0 Å². The van der Waals surface area contributed by atoms with Gasteiger partial charge in [0.2, 0.25) is 0 Å². The number of hydrogen-bond donors (Lipinski definition) is 0. The lowest BCUT2D eigenvalue weighted by Gasteiger charge is -2.16. The molecule has 0 atom stereocenters. The van der Waals surface area contributed by atoms with Crippen molar-refractivity contribution in [1.82, 2.24) is 19.5 Å². The molecule has 0 N–H and O–H groups in total. The van der Waals surface area contributed by atoms with Crippen LogP contribution in [0.1, 0.15) is 0 Å². The van der Waals surface area contributed by atoms with E-state index in [0.29, 0.717) is 17.5 Å². The van der Waals surface area contributed by atoms with Gasteiger partial charge in [-0.3, -0.25) is 0 Å². The Morgan fingerprint density at radius 3 is 1.24 bits per heavy atom. The van der Waals surface area contributed by atoms with E-state index in [9.17, 15) is 0 Å². The molecule has 294 valence electrons. The van der Waals surface area contributed by atoms with E-state index in [-0.39, 0.29) is 0 Å². The quantitative estimate of drug-likeness (QED) is 0.161. The molecule has 0 saturated heterocycles. The summed E-state index contributed by atoms with van der Waals surface area (Å²) in [6, 6.07) is 81.9. The zero-order valence-corrected chi connectivity index (χ0v) is 34.2. The van der Waals surface area contributed by atoms with Gasteiger partial charge in [0.25, 0.3) is 0 Å². The van der Waals surface area contributed by atoms with Gasteiger partial charge in [-0.15, -0.1) is 0 Å². The van der Waals surface area contributed by atoms with E-state index >= 15 is 0 Å². The van der Waals surface area contributed by atoms with E-state index in [2.05, 4.69) is 211 Å². The van der Waals surface area contributed by atoms with Crippen molar-refractivity contribution in [1.29, 1.82) is 0 Å². The third-order valence-electron chi connectivity index (χ3n) is 12.2. The molecule has 2 aromatic heterocycles. The summed E-state index contributed by atoms with van der Waals surface area (Å²) < 4.78 is 2.43. The molecule has 4 heteroatoms. The van der Waals surface area contributed by atoms with E-state index in [1.165, 1.54) is 32.3 Å². The Balaban J connectivity index is 1.11. The summed E-state index contributed by atoms with van der Waals surface area (Å²) in [5, 5.41) is 7.29. The summed E-state index contributed by atoms with van der Waals surface area (Å²) in [5.41, 5.74) is 12.8. The average Bonchev–Trinajstić information content (AvgIpc) is 3.67. The maximum atomic E-state index is 5.30. The third-order valence-corrected chi connectivity index (χ3v) is 12.2. The standard InChI is InChI=1S/C59H38N4/c1-4-15-39(16-5-1)41-27-29-43(30-28-41)58-60-57(42-19-8-3-9-20-42)61-59(62-58)51-32-31-50(38-52(51)49-26-14-25-44(33-49)40-17-6-2-7-18-40)63-55-36-47-23-12-10-21-45(47)34-53(55)54-35-46-22-11-13-24-48(46)37-56(54)63/h1-38H. The molecule has 0 spiro atoms. The maximum absolute atomic E-state index is 5.30. The molecule has 63 heavy (non-hydrogen) atoms. The van der Waals surface area contributed by atoms with Crippen LogP contribution >= 0.6 is 0 Å². The molecule has 12 rings (SSSR count). The predicted molar refractivity (Wildman–Crippen MR) is 262 cm³/mol. The van der Waals surface area contributed by atoms with Crippen molar-refractivity contribution in [2.24, 2.45) is 0 Å². The van der Waals surface area contributed by atoms with Gasteiger partial charge >= 0.3 is 0 Å². The van der Waals surface area contributed by atoms with Crippen molar-refractivity contribution >= 4 is 43.4 Å². The van der Waals surface area contributed by atoms with E-state index < -0.39 is 0 Å². The molecule has 12 aromatic rings. The monoisotopic (exact) mass is 802 g/mol. The lowest BCUT2D eigenvalue weighted by atomic mass is 9.94. The van der Waals surface area contributed by atoms with Crippen LogP contribution in [0.15, 0.2) is 231 Å². The predicted octanol–water partition coefficient (Wildman–Crippen LogP) is 15.3. The van der Waals surface area contributed by atoms with E-state index in [1.54, 1.807) is 0 Å². The molecule has 0 fully saturated rings. The fraction of sp³-hybridized carbons (Fsp3) is 0. The Morgan fingerprint density at radius 2 is 0.667 bits per heavy atom. The zero-order chi connectivity index (χ0) is 41.7. The maximum Gasteiger partial charge on any atom is 0.164 e. The second-order valence-electron chi connectivity index (χ2n) is 16.1. The summed E-state index contributed by atoms with van der Waals surface area (Å²) in [7, 11) is 0. The van der Waals surface area contributed by atoms with Gasteiger partial charge in [0.05, 0.1) is 11.0 Å². The molecule has 0 aliphatic rings. The SMILES string of the molecule is c1ccc(-c2ccc(-c3nc(-c4ccccc4)nc(-c4ccc(-n5c6cc7ccccc7cc6c6cc7ccccc7cc65)cc4-c4cccc(-c5ccccc5)c4)n3)cc2)cc1. The molecule has 0 saturated carbocycles. The molecule has 0 aliphatic heterocycles. The first-order valence-electron chi connectivity index (χ1n) is 21.3. The summed E-state index contributed by atoms with van der Waals surface area (Å²) in [6.07, 6.45) is 0. The van der Waals surface area contributed by atoms with Gasteiger partial charge in [-0.1, -0.05) is 182 Å². The molecule has 0 unspecified atom stereocenters. The smallest absolute Gasteiger partial charge is 0.164 e. The zero-order valence-electron chi connectivity index (χ0n) is 34.2. The van der Waals surface area contributed by atoms with Gasteiger partial charge in [-0.05, 0) is 103 Å². The minimum absolute atomic E-state index is 0.608. The third kappa shape index (κ3) is 6.62. The number of rotatable bonds is 7. The van der Waals surface area contributed by atoms with Crippen LogP contribution in [0.4, 0.5) is 0 Å². The fourth-order valence-electron chi connectivity index (χ4n) is 9.05. The molecule has 0 aliphatic carbocycles. The van der Waals surface area contributed by atoms with Crippen LogP contribution in [0.5, 0.6) is 0 Å². The summed E-state index contributed by atoms with van der Waals surface area (Å²) in [4.78, 5) is 15.7. The van der Waals surface area contributed by atoms with Crippen molar-refractivity contribution in [3.05, 3.63) is 231 Å². The first-order valence-corrected chi connectivity index (χ1v) is 21.3. The minimum Gasteiger partial charge on any atom is -0.309 e. The Morgan fingerprint density at radius 1 is 0.254 bits per heavy atom. The summed E-state index contributed by atoms with van der Waals surface area (Å²) in [5.74, 6) is 1.85. The fourth-order valence-corrected chi connectivity index (χ4v) is 9.05. The highest BCUT2D eigenvalue weighted by Gasteiger charge is 2.20. The second-order valence-corrected chi connectivity index (χ2v) is 16.1. The van der Waals surface area contributed by atoms with Crippen LogP contribution in [-0.4, -0.2) is 19.5 Å². The summed E-state index contributed by atoms with van der Waals surface area (Å²) >= 11 is 0. The Kier molecular flexibility index (Phi) is 8.79. The highest BCUT2D eigenvalue weighted by Crippen LogP contribution is 2.41. The molecule has 0 amide bonds. The first-order chi connectivity index (χ1) is 31.2. The molecule has 0 radical (unpaired) electrons. The normalized spacial score (nSPS) is 11.5. The molecular weight excluding hydrogens is 765 g/mol. The first kappa shape index (κ1) is 36.4. The topological polar surface area (TPSA) is 43.6 Å². The van der Waals surface area contributed by atoms with Crippen molar-refractivity contribution in [3.8, 4) is 73.2 Å².